The van der Waals surface area contributed by atoms with Gasteiger partial charge in [0.15, 0.2) is 0 Å². The summed E-state index contributed by atoms with van der Waals surface area (Å²) >= 11 is 3.06. The Morgan fingerprint density at radius 3 is 2.36 bits per heavy atom. The van der Waals surface area contributed by atoms with E-state index in [1.807, 2.05) is 88.8 Å². The average molecular weight is 572 g/mol. The van der Waals surface area contributed by atoms with E-state index >= 15 is 0 Å². The molecular weight excluding hydrogens is 530 g/mol. The summed E-state index contributed by atoms with van der Waals surface area (Å²) in [5.74, 6) is 0.0419. The first-order valence-corrected chi connectivity index (χ1v) is 15.0. The molecule has 39 heavy (non-hydrogen) atoms. The fraction of sp³-hybridized carbons (Fsp3) is 0.367. The van der Waals surface area contributed by atoms with Crippen molar-refractivity contribution in [2.24, 2.45) is 5.92 Å². The molecule has 4 rings (SSSR count). The second-order valence-electron chi connectivity index (χ2n) is 8.19. The van der Waals surface area contributed by atoms with Crippen molar-refractivity contribution in [1.82, 2.24) is 4.90 Å². The van der Waals surface area contributed by atoms with E-state index in [-0.39, 0.29) is 5.97 Å². The van der Waals surface area contributed by atoms with E-state index < -0.39 is 0 Å². The number of carbonyl (C=O) groups is 3. The Labute approximate surface area is 241 Å². The molecule has 1 aliphatic heterocycles. The van der Waals surface area contributed by atoms with Crippen molar-refractivity contribution >= 4 is 52.5 Å². The van der Waals surface area contributed by atoms with Crippen LogP contribution in [-0.2, 0) is 9.53 Å². The summed E-state index contributed by atoms with van der Waals surface area (Å²) in [6.45, 7) is 8.24. The van der Waals surface area contributed by atoms with Crippen LogP contribution in [0.2, 0.25) is 0 Å². The minimum Gasteiger partial charge on any atom is -0.462 e. The molecule has 0 aliphatic carbocycles. The van der Waals surface area contributed by atoms with Gasteiger partial charge in [0.25, 0.3) is 0 Å². The molecule has 0 saturated carbocycles. The molecule has 2 aromatic carbocycles. The molecule has 1 aromatic heterocycles. The van der Waals surface area contributed by atoms with Crippen molar-refractivity contribution in [1.29, 1.82) is 0 Å². The zero-order valence-electron chi connectivity index (χ0n) is 23.7. The minimum absolute atomic E-state index is 0.278. The number of aldehydes is 2. The van der Waals surface area contributed by atoms with Crippen LogP contribution in [0.5, 0.6) is 0 Å². The molecule has 1 unspecified atom stereocenters. The minimum atomic E-state index is -0.278. The predicted octanol–water partition coefficient (Wildman–Crippen LogP) is 6.99. The van der Waals surface area contributed by atoms with Crippen LogP contribution in [0.1, 0.15) is 47.9 Å². The molecule has 3 aromatic rings. The third-order valence-corrected chi connectivity index (χ3v) is 7.02. The second-order valence-corrected chi connectivity index (χ2v) is 9.85. The molecule has 2 heterocycles. The monoisotopic (exact) mass is 571 g/mol. The summed E-state index contributed by atoms with van der Waals surface area (Å²) < 4.78 is 8.09. The molecule has 1 aliphatic rings. The highest BCUT2D eigenvalue weighted by molar-refractivity contribution is 7.99. The number of nitrogens with zero attached hydrogens (tertiary/aromatic N) is 1. The number of ether oxygens (including phenoxy) is 1. The summed E-state index contributed by atoms with van der Waals surface area (Å²) in [4.78, 5) is 35.5. The Morgan fingerprint density at radius 2 is 1.85 bits per heavy atom. The van der Waals surface area contributed by atoms with Gasteiger partial charge in [0.1, 0.15) is 17.6 Å². The van der Waals surface area contributed by atoms with Gasteiger partial charge >= 0.3 is 5.97 Å². The largest absolute Gasteiger partial charge is 0.462 e. The van der Waals surface area contributed by atoms with Gasteiger partial charge < -0.3 is 24.5 Å². The Hall–Kier alpha value is -3.14. The van der Waals surface area contributed by atoms with Crippen LogP contribution in [0.25, 0.3) is 10.4 Å². The molecule has 1 atom stereocenters. The van der Waals surface area contributed by atoms with E-state index in [1.54, 1.807) is 24.3 Å². The summed E-state index contributed by atoms with van der Waals surface area (Å²) in [7, 11) is 3.85. The number of carbonyl (C=O) groups excluding carboxylic acids is 3. The van der Waals surface area contributed by atoms with Crippen molar-refractivity contribution in [3.63, 3.8) is 0 Å². The summed E-state index contributed by atoms with van der Waals surface area (Å²) in [5.41, 5.74) is 3.36. The van der Waals surface area contributed by atoms with Crippen LogP contribution in [0, 0.1) is 5.92 Å². The summed E-state index contributed by atoms with van der Waals surface area (Å²) in [5, 5.41) is 3.88. The highest BCUT2D eigenvalue weighted by Crippen LogP contribution is 2.35. The molecule has 1 fully saturated rings. The number of hydrogen-bond donors (Lipinski definition) is 2. The molecule has 9 heteroatoms. The van der Waals surface area contributed by atoms with Crippen molar-refractivity contribution < 1.29 is 19.1 Å². The van der Waals surface area contributed by atoms with Gasteiger partial charge in [0.05, 0.1) is 12.2 Å². The van der Waals surface area contributed by atoms with Crippen molar-refractivity contribution in [2.45, 2.75) is 27.2 Å². The second kappa shape index (κ2) is 19.9. The SMILES string of the molecule is CC.CCOC(=O)c1cc(-c2ccccc2)sc1NC.CN1CCC(C=O)C1.CSNc1cccc(C=O)c1. The number of nitrogens with one attached hydrogen (secondary N) is 2. The smallest absolute Gasteiger partial charge is 0.341 e. The van der Waals surface area contributed by atoms with Gasteiger partial charge in [-0.15, -0.1) is 11.3 Å². The maximum Gasteiger partial charge on any atom is 0.341 e. The van der Waals surface area contributed by atoms with E-state index in [1.165, 1.54) is 11.9 Å². The first-order valence-electron chi connectivity index (χ1n) is 13.0. The topological polar surface area (TPSA) is 87.7 Å². The van der Waals surface area contributed by atoms with Crippen molar-refractivity contribution in [3.8, 4) is 10.4 Å². The number of rotatable bonds is 8. The molecule has 7 nitrogen and oxygen atoms in total. The van der Waals surface area contributed by atoms with E-state index in [4.69, 9.17) is 4.74 Å². The maximum absolute atomic E-state index is 11.8. The molecular formula is C30H41N3O4S2. The molecule has 1 saturated heterocycles. The number of benzene rings is 2. The third-order valence-electron chi connectivity index (χ3n) is 5.38. The van der Waals surface area contributed by atoms with E-state index in [0.29, 0.717) is 23.7 Å². The van der Waals surface area contributed by atoms with Gasteiger partial charge in [-0.25, -0.2) is 4.79 Å². The Morgan fingerprint density at radius 1 is 1.13 bits per heavy atom. The fourth-order valence-corrected chi connectivity index (χ4v) is 4.92. The predicted molar refractivity (Wildman–Crippen MR) is 167 cm³/mol. The average Bonchev–Trinajstić information content (AvgIpc) is 3.62. The van der Waals surface area contributed by atoms with Crippen LogP contribution in [-0.4, -0.2) is 63.5 Å². The Kier molecular flexibility index (Phi) is 17.3. The van der Waals surface area contributed by atoms with Gasteiger partial charge in [0, 0.05) is 41.9 Å². The van der Waals surface area contributed by atoms with Crippen LogP contribution in [0.4, 0.5) is 10.7 Å². The number of thiophene rings is 1. The van der Waals surface area contributed by atoms with Gasteiger partial charge in [-0.05, 0) is 50.7 Å². The van der Waals surface area contributed by atoms with Gasteiger partial charge in [-0.1, -0.05) is 68.3 Å². The number of hydrogen-bond acceptors (Lipinski definition) is 9. The van der Waals surface area contributed by atoms with Crippen LogP contribution in [0.15, 0.2) is 60.7 Å². The highest BCUT2D eigenvalue weighted by atomic mass is 32.2. The zero-order valence-corrected chi connectivity index (χ0v) is 25.4. The number of likely N-dealkylation sites (tertiary alicyclic amines) is 1. The van der Waals surface area contributed by atoms with Crippen LogP contribution in [0.3, 0.4) is 0 Å². The molecule has 0 spiro atoms. The lowest BCUT2D eigenvalue weighted by Crippen LogP contribution is -2.14. The quantitative estimate of drug-likeness (QED) is 0.170. The van der Waals surface area contributed by atoms with E-state index in [0.717, 1.165) is 53.2 Å². The normalized spacial score (nSPS) is 13.7. The van der Waals surface area contributed by atoms with E-state index in [2.05, 4.69) is 14.9 Å². The molecule has 0 radical (unpaired) electrons. The fourth-order valence-electron chi connectivity index (χ4n) is 3.56. The molecule has 212 valence electrons. The first kappa shape index (κ1) is 33.9. The highest BCUT2D eigenvalue weighted by Gasteiger charge is 2.18. The van der Waals surface area contributed by atoms with Crippen molar-refractivity contribution in [2.75, 3.05) is 50.1 Å². The molecule has 0 amide bonds. The maximum atomic E-state index is 11.8. The third kappa shape index (κ3) is 12.1. The van der Waals surface area contributed by atoms with E-state index in [9.17, 15) is 14.4 Å². The summed E-state index contributed by atoms with van der Waals surface area (Å²) in [6, 6.07) is 19.2. The number of esters is 1. The summed E-state index contributed by atoms with van der Waals surface area (Å²) in [6.07, 6.45) is 4.89. The Bertz CT molecular complexity index is 1120. The molecule has 0 bridgehead atoms. The Balaban J connectivity index is 0.000000309. The van der Waals surface area contributed by atoms with Gasteiger partial charge in [0.2, 0.25) is 0 Å². The number of anilines is 2. The first-order chi connectivity index (χ1) is 18.9. The van der Waals surface area contributed by atoms with Crippen LogP contribution >= 0.6 is 23.3 Å². The van der Waals surface area contributed by atoms with Crippen molar-refractivity contribution in [3.05, 3.63) is 71.8 Å². The lowest BCUT2D eigenvalue weighted by atomic mass is 10.1. The standard InChI is InChI=1S/C14H15NO2S.C8H9NOS.C6H11NO.C2H6/c1-3-17-14(16)11-9-12(18-13(11)15-2)10-7-5-4-6-8-10;1-11-9-8-4-2-3-7(5-8)6-10;1-7-3-2-6(4-7)5-8;1-2/h4-9,15H,3H2,1-2H3;2-6,9H,1H3;5-6H,2-4H2,1H3;1-2H3. The van der Waals surface area contributed by atoms with Crippen LogP contribution < -0.4 is 10.0 Å². The van der Waals surface area contributed by atoms with Gasteiger partial charge in [-0.3, -0.25) is 4.79 Å². The lowest BCUT2D eigenvalue weighted by Gasteiger charge is -2.02. The zero-order chi connectivity index (χ0) is 29.0. The lowest BCUT2D eigenvalue weighted by molar-refractivity contribution is -0.110. The molecule has 2 N–H and O–H groups in total. The van der Waals surface area contributed by atoms with Gasteiger partial charge in [-0.2, -0.15) is 0 Å².